The second-order valence-corrected chi connectivity index (χ2v) is 6.87. The zero-order chi connectivity index (χ0) is 22.3. The molecule has 0 fully saturated rings. The van der Waals surface area contributed by atoms with E-state index in [1.165, 1.54) is 0 Å². The molecule has 0 radical (unpaired) electrons. The van der Waals surface area contributed by atoms with Crippen LogP contribution in [0.1, 0.15) is 15.9 Å². The summed E-state index contributed by atoms with van der Waals surface area (Å²) in [7, 11) is 3.20. The number of nitrogens with one attached hydrogen (secondary N) is 1. The van der Waals surface area contributed by atoms with E-state index in [9.17, 15) is 4.79 Å². The highest BCUT2D eigenvalue weighted by molar-refractivity contribution is 5.95. The van der Waals surface area contributed by atoms with E-state index in [0.29, 0.717) is 11.3 Å². The molecule has 1 heterocycles. The maximum Gasteiger partial charge on any atom is 0.271 e. The standard InChI is InChI=1S/C25H22N4O3/c1-31-22-13-11-18(12-14-22)25(30)27-26-16-20-17-29(21-8-4-3-5-9-21)28-24(20)19-7-6-10-23(15-19)32-2/h3-17H,1-2H3,(H,27,30)/b26-16+. The number of rotatable bonds is 7. The summed E-state index contributed by atoms with van der Waals surface area (Å²) in [5.41, 5.74) is 6.30. The van der Waals surface area contributed by atoms with Crippen LogP contribution >= 0.6 is 0 Å². The van der Waals surface area contributed by atoms with Crippen LogP contribution in [0.5, 0.6) is 11.5 Å². The average Bonchev–Trinajstić information content (AvgIpc) is 3.29. The fourth-order valence-corrected chi connectivity index (χ4v) is 3.16. The van der Waals surface area contributed by atoms with Gasteiger partial charge in [-0.1, -0.05) is 30.3 Å². The fraction of sp³-hybridized carbons (Fsp3) is 0.0800. The number of hydrazone groups is 1. The molecule has 1 aromatic heterocycles. The van der Waals surface area contributed by atoms with Gasteiger partial charge < -0.3 is 9.47 Å². The monoisotopic (exact) mass is 426 g/mol. The summed E-state index contributed by atoms with van der Waals surface area (Å²) < 4.78 is 12.2. The maximum atomic E-state index is 12.4. The molecule has 0 saturated carbocycles. The lowest BCUT2D eigenvalue weighted by molar-refractivity contribution is 0.0955. The largest absolute Gasteiger partial charge is 0.497 e. The number of nitrogens with zero attached hydrogens (tertiary/aromatic N) is 3. The minimum atomic E-state index is -0.317. The third-order valence-electron chi connectivity index (χ3n) is 4.83. The van der Waals surface area contributed by atoms with Gasteiger partial charge in [0.05, 0.1) is 26.1 Å². The van der Waals surface area contributed by atoms with Gasteiger partial charge in [0.2, 0.25) is 0 Å². The zero-order valence-corrected chi connectivity index (χ0v) is 17.7. The molecule has 4 aromatic rings. The second-order valence-electron chi connectivity index (χ2n) is 6.87. The van der Waals surface area contributed by atoms with Crippen LogP contribution < -0.4 is 14.9 Å². The van der Waals surface area contributed by atoms with Gasteiger partial charge in [-0.2, -0.15) is 10.2 Å². The molecule has 0 bridgehead atoms. The highest BCUT2D eigenvalue weighted by atomic mass is 16.5. The van der Waals surface area contributed by atoms with Gasteiger partial charge >= 0.3 is 0 Å². The summed E-state index contributed by atoms with van der Waals surface area (Å²) >= 11 is 0. The Hall–Kier alpha value is -4.39. The van der Waals surface area contributed by atoms with Crippen LogP contribution in [-0.4, -0.2) is 36.1 Å². The molecule has 0 aliphatic heterocycles. The molecule has 1 amide bonds. The molecule has 7 heteroatoms. The first-order valence-corrected chi connectivity index (χ1v) is 9.95. The maximum absolute atomic E-state index is 12.4. The predicted octanol–water partition coefficient (Wildman–Crippen LogP) is 4.32. The van der Waals surface area contributed by atoms with Crippen LogP contribution in [0.3, 0.4) is 0 Å². The first kappa shape index (κ1) is 20.9. The topological polar surface area (TPSA) is 77.7 Å². The first-order chi connectivity index (χ1) is 15.7. The fourth-order valence-electron chi connectivity index (χ4n) is 3.16. The van der Waals surface area contributed by atoms with Crippen LogP contribution in [0.4, 0.5) is 0 Å². The Morgan fingerprint density at radius 2 is 1.69 bits per heavy atom. The van der Waals surface area contributed by atoms with Crippen molar-refractivity contribution in [3.8, 4) is 28.4 Å². The number of ether oxygens (including phenoxy) is 2. The molecule has 0 atom stereocenters. The molecule has 0 aliphatic rings. The van der Waals surface area contributed by atoms with Gasteiger partial charge in [-0.25, -0.2) is 10.1 Å². The number of carbonyl (C=O) groups excluding carboxylic acids is 1. The lowest BCUT2D eigenvalue weighted by Gasteiger charge is -2.04. The van der Waals surface area contributed by atoms with Gasteiger partial charge in [0, 0.05) is 22.9 Å². The van der Waals surface area contributed by atoms with Crippen molar-refractivity contribution in [2.75, 3.05) is 14.2 Å². The summed E-state index contributed by atoms with van der Waals surface area (Å²) in [5, 5.41) is 8.90. The number of aromatic nitrogens is 2. The van der Waals surface area contributed by atoms with Gasteiger partial charge in [-0.05, 0) is 48.5 Å². The molecule has 4 rings (SSSR count). The molecule has 3 aromatic carbocycles. The van der Waals surface area contributed by atoms with Gasteiger partial charge in [0.15, 0.2) is 0 Å². The highest BCUT2D eigenvalue weighted by Gasteiger charge is 2.12. The average molecular weight is 426 g/mol. The van der Waals surface area contributed by atoms with Gasteiger partial charge in [0.25, 0.3) is 5.91 Å². The summed E-state index contributed by atoms with van der Waals surface area (Å²) in [4.78, 5) is 12.4. The number of carbonyl (C=O) groups is 1. The molecule has 1 N–H and O–H groups in total. The Kier molecular flexibility index (Phi) is 6.27. The van der Waals surface area contributed by atoms with Crippen molar-refractivity contribution in [2.24, 2.45) is 5.10 Å². The van der Waals surface area contributed by atoms with Crippen LogP contribution in [-0.2, 0) is 0 Å². The second kappa shape index (κ2) is 9.61. The van der Waals surface area contributed by atoms with E-state index >= 15 is 0 Å². The molecule has 7 nitrogen and oxygen atoms in total. The van der Waals surface area contributed by atoms with Crippen LogP contribution in [0.25, 0.3) is 16.9 Å². The van der Waals surface area contributed by atoms with Crippen LogP contribution in [0.2, 0.25) is 0 Å². The van der Waals surface area contributed by atoms with Gasteiger partial charge in [-0.3, -0.25) is 4.79 Å². The Morgan fingerprint density at radius 1 is 0.938 bits per heavy atom. The predicted molar refractivity (Wildman–Crippen MR) is 124 cm³/mol. The lowest BCUT2D eigenvalue weighted by Crippen LogP contribution is -2.17. The third kappa shape index (κ3) is 4.67. The van der Waals surface area contributed by atoms with Crippen molar-refractivity contribution in [3.63, 3.8) is 0 Å². The van der Waals surface area contributed by atoms with Crippen LogP contribution in [0, 0.1) is 0 Å². The van der Waals surface area contributed by atoms with E-state index in [1.807, 2.05) is 60.8 Å². The molecule has 160 valence electrons. The van der Waals surface area contributed by atoms with E-state index < -0.39 is 0 Å². The van der Waals surface area contributed by atoms with Crippen molar-refractivity contribution in [2.45, 2.75) is 0 Å². The molecule has 0 spiro atoms. The van der Waals surface area contributed by atoms with Crippen molar-refractivity contribution in [1.82, 2.24) is 15.2 Å². The zero-order valence-electron chi connectivity index (χ0n) is 17.7. The van der Waals surface area contributed by atoms with E-state index in [4.69, 9.17) is 14.6 Å². The molecule has 0 aliphatic carbocycles. The highest BCUT2D eigenvalue weighted by Crippen LogP contribution is 2.26. The van der Waals surface area contributed by atoms with E-state index in [1.54, 1.807) is 49.4 Å². The number of amides is 1. The van der Waals surface area contributed by atoms with Crippen molar-refractivity contribution in [3.05, 3.63) is 96.2 Å². The summed E-state index contributed by atoms with van der Waals surface area (Å²) in [6.45, 7) is 0. The summed E-state index contributed by atoms with van der Waals surface area (Å²) in [5.74, 6) is 1.09. The lowest BCUT2D eigenvalue weighted by atomic mass is 10.1. The van der Waals surface area contributed by atoms with Crippen molar-refractivity contribution in [1.29, 1.82) is 0 Å². The SMILES string of the molecule is COc1ccc(C(=O)N/N=C/c2cn(-c3ccccc3)nc2-c2cccc(OC)c2)cc1. The third-order valence-corrected chi connectivity index (χ3v) is 4.83. The van der Waals surface area contributed by atoms with Gasteiger partial charge in [-0.15, -0.1) is 0 Å². The molecule has 0 unspecified atom stereocenters. The Balaban J connectivity index is 1.62. The van der Waals surface area contributed by atoms with Crippen molar-refractivity contribution < 1.29 is 14.3 Å². The number of benzene rings is 3. The summed E-state index contributed by atoms with van der Waals surface area (Å²) in [6, 6.07) is 24.2. The quantitative estimate of drug-likeness (QED) is 0.353. The Labute approximate surface area is 185 Å². The number of hydrogen-bond donors (Lipinski definition) is 1. The molecule has 32 heavy (non-hydrogen) atoms. The molecular weight excluding hydrogens is 404 g/mol. The number of para-hydroxylation sites is 1. The normalized spacial score (nSPS) is 10.8. The van der Waals surface area contributed by atoms with Crippen LogP contribution in [0.15, 0.2) is 90.2 Å². The van der Waals surface area contributed by atoms with Gasteiger partial charge in [0.1, 0.15) is 17.2 Å². The van der Waals surface area contributed by atoms with E-state index in [-0.39, 0.29) is 5.91 Å². The number of methoxy groups -OCH3 is 2. The Bertz CT molecular complexity index is 1230. The number of hydrogen-bond acceptors (Lipinski definition) is 5. The Morgan fingerprint density at radius 3 is 2.41 bits per heavy atom. The van der Waals surface area contributed by atoms with Crippen molar-refractivity contribution >= 4 is 12.1 Å². The first-order valence-electron chi connectivity index (χ1n) is 9.95. The van der Waals surface area contributed by atoms with E-state index in [0.717, 1.165) is 28.3 Å². The van der Waals surface area contributed by atoms with E-state index in [2.05, 4.69) is 10.5 Å². The molecular formula is C25H22N4O3. The molecule has 0 saturated heterocycles. The minimum absolute atomic E-state index is 0.317. The summed E-state index contributed by atoms with van der Waals surface area (Å²) in [6.07, 6.45) is 3.45. The minimum Gasteiger partial charge on any atom is -0.497 e. The smallest absolute Gasteiger partial charge is 0.271 e.